The van der Waals surface area contributed by atoms with Crippen molar-refractivity contribution in [2.24, 2.45) is 0 Å². The number of likely N-dealkylation sites (tertiary alicyclic amines) is 1. The highest BCUT2D eigenvalue weighted by molar-refractivity contribution is 5.83. The Bertz CT molecular complexity index is 465. The highest BCUT2D eigenvalue weighted by Gasteiger charge is 2.38. The molecular weight excluding hydrogens is 250 g/mol. The number of carboxylic acids is 1. The first-order valence-corrected chi connectivity index (χ1v) is 5.93. The Morgan fingerprint density at radius 2 is 2.26 bits per heavy atom. The molecule has 1 saturated heterocycles. The molecule has 1 fully saturated rings. The topological polar surface area (TPSA) is 103 Å². The molecule has 0 radical (unpaired) electrons. The first-order chi connectivity index (χ1) is 9.08. The zero-order chi connectivity index (χ0) is 13.8. The summed E-state index contributed by atoms with van der Waals surface area (Å²) in [7, 11) is 0. The Morgan fingerprint density at radius 3 is 2.89 bits per heavy atom. The Kier molecular flexibility index (Phi) is 3.96. The number of rotatable bonds is 3. The van der Waals surface area contributed by atoms with Crippen LogP contribution in [-0.4, -0.2) is 50.8 Å². The van der Waals surface area contributed by atoms with E-state index in [-0.39, 0.29) is 19.5 Å². The number of aromatic nitrogens is 1. The molecule has 7 nitrogen and oxygen atoms in total. The van der Waals surface area contributed by atoms with Crippen LogP contribution in [0.2, 0.25) is 0 Å². The molecule has 0 spiro atoms. The summed E-state index contributed by atoms with van der Waals surface area (Å²) in [5.41, 5.74) is 0.683. The fraction of sp³-hybridized carbons (Fsp3) is 0.417. The van der Waals surface area contributed by atoms with Crippen LogP contribution in [0, 0.1) is 0 Å². The first-order valence-electron chi connectivity index (χ1n) is 5.93. The van der Waals surface area contributed by atoms with Crippen molar-refractivity contribution < 1.29 is 19.8 Å². The van der Waals surface area contributed by atoms with E-state index in [2.05, 4.69) is 10.3 Å². The average molecular weight is 265 g/mol. The van der Waals surface area contributed by atoms with Gasteiger partial charge < -0.3 is 20.4 Å². The van der Waals surface area contributed by atoms with Gasteiger partial charge in [-0.25, -0.2) is 9.59 Å². The summed E-state index contributed by atoms with van der Waals surface area (Å²) in [5, 5.41) is 21.0. The highest BCUT2D eigenvalue weighted by Crippen LogP contribution is 2.18. The minimum atomic E-state index is -1.11. The van der Waals surface area contributed by atoms with Gasteiger partial charge >= 0.3 is 12.0 Å². The molecule has 19 heavy (non-hydrogen) atoms. The van der Waals surface area contributed by atoms with Crippen LogP contribution in [0.25, 0.3) is 0 Å². The number of nitrogens with one attached hydrogen (secondary N) is 1. The lowest BCUT2D eigenvalue weighted by Gasteiger charge is -2.21. The van der Waals surface area contributed by atoms with Crippen LogP contribution < -0.4 is 5.32 Å². The second-order valence-electron chi connectivity index (χ2n) is 4.38. The third-order valence-corrected chi connectivity index (χ3v) is 2.97. The fourth-order valence-corrected chi connectivity index (χ4v) is 2.04. The average Bonchev–Trinajstić information content (AvgIpc) is 2.79. The van der Waals surface area contributed by atoms with Gasteiger partial charge in [-0.2, -0.15) is 0 Å². The molecule has 1 aromatic rings. The third kappa shape index (κ3) is 3.19. The Morgan fingerprint density at radius 1 is 1.47 bits per heavy atom. The Hall–Kier alpha value is -2.15. The van der Waals surface area contributed by atoms with Gasteiger partial charge in [-0.3, -0.25) is 4.98 Å². The lowest BCUT2D eigenvalue weighted by Crippen LogP contribution is -2.46. The van der Waals surface area contributed by atoms with Crippen molar-refractivity contribution in [3.05, 3.63) is 30.1 Å². The minimum absolute atomic E-state index is 0.0328. The van der Waals surface area contributed by atoms with Crippen molar-refractivity contribution in [1.29, 1.82) is 0 Å². The SMILES string of the molecule is O=C(O)[C@@H]1C[C@H](O)CN1C(=O)NCc1ccccn1. The van der Waals surface area contributed by atoms with Crippen LogP contribution in [0.1, 0.15) is 12.1 Å². The molecule has 2 atom stereocenters. The number of hydrogen-bond acceptors (Lipinski definition) is 4. The van der Waals surface area contributed by atoms with Crippen molar-refractivity contribution in [2.45, 2.75) is 25.1 Å². The zero-order valence-electron chi connectivity index (χ0n) is 10.2. The highest BCUT2D eigenvalue weighted by atomic mass is 16.4. The van der Waals surface area contributed by atoms with E-state index in [4.69, 9.17) is 5.11 Å². The third-order valence-electron chi connectivity index (χ3n) is 2.97. The fourth-order valence-electron chi connectivity index (χ4n) is 2.04. The zero-order valence-corrected chi connectivity index (χ0v) is 10.2. The number of carbonyl (C=O) groups excluding carboxylic acids is 1. The summed E-state index contributed by atoms with van der Waals surface area (Å²) in [6.07, 6.45) is 0.884. The summed E-state index contributed by atoms with van der Waals surface area (Å²) in [6, 6.07) is 3.85. The number of nitrogens with zero attached hydrogens (tertiary/aromatic N) is 2. The molecule has 2 rings (SSSR count). The number of amides is 2. The van der Waals surface area contributed by atoms with Crippen LogP contribution in [0.3, 0.4) is 0 Å². The van der Waals surface area contributed by atoms with E-state index in [1.165, 1.54) is 0 Å². The van der Waals surface area contributed by atoms with E-state index in [1.807, 2.05) is 0 Å². The van der Waals surface area contributed by atoms with Gasteiger partial charge in [-0.1, -0.05) is 6.07 Å². The molecule has 1 aliphatic rings. The second-order valence-corrected chi connectivity index (χ2v) is 4.38. The van der Waals surface area contributed by atoms with Crippen molar-refractivity contribution in [1.82, 2.24) is 15.2 Å². The first kappa shape index (κ1) is 13.3. The van der Waals surface area contributed by atoms with Gasteiger partial charge in [0.25, 0.3) is 0 Å². The Balaban J connectivity index is 1.94. The monoisotopic (exact) mass is 265 g/mol. The molecule has 3 N–H and O–H groups in total. The molecule has 1 aliphatic heterocycles. The molecule has 2 heterocycles. The maximum atomic E-state index is 11.9. The predicted molar refractivity (Wildman–Crippen MR) is 65.2 cm³/mol. The summed E-state index contributed by atoms with van der Waals surface area (Å²) >= 11 is 0. The van der Waals surface area contributed by atoms with E-state index in [9.17, 15) is 14.7 Å². The maximum Gasteiger partial charge on any atom is 0.326 e. The predicted octanol–water partition coefficient (Wildman–Crippen LogP) is -0.189. The van der Waals surface area contributed by atoms with Crippen molar-refractivity contribution in [3.63, 3.8) is 0 Å². The van der Waals surface area contributed by atoms with E-state index < -0.39 is 24.1 Å². The molecule has 102 valence electrons. The second kappa shape index (κ2) is 5.66. The molecule has 1 aromatic heterocycles. The standard InChI is InChI=1S/C12H15N3O4/c16-9-5-10(11(17)18)15(7-9)12(19)14-6-8-3-1-2-4-13-8/h1-4,9-10,16H,5-7H2,(H,14,19)(H,17,18)/t9-,10-/m0/s1. The lowest BCUT2D eigenvalue weighted by atomic mass is 10.2. The number of carboxylic acid groups (broad SMARTS) is 1. The quantitative estimate of drug-likeness (QED) is 0.703. The summed E-state index contributed by atoms with van der Waals surface area (Å²) < 4.78 is 0. The number of β-amino-alcohol motifs (C(OH)–C–C–N with tert-alkyl or cyclic N) is 1. The number of aliphatic hydroxyl groups excluding tert-OH is 1. The molecule has 0 aromatic carbocycles. The van der Waals surface area contributed by atoms with Crippen molar-refractivity contribution in [3.8, 4) is 0 Å². The molecule has 0 aliphatic carbocycles. The van der Waals surface area contributed by atoms with Gasteiger partial charge in [-0.05, 0) is 12.1 Å². The van der Waals surface area contributed by atoms with Gasteiger partial charge in [-0.15, -0.1) is 0 Å². The van der Waals surface area contributed by atoms with Crippen molar-refractivity contribution in [2.75, 3.05) is 6.54 Å². The van der Waals surface area contributed by atoms with Crippen LogP contribution in [0.15, 0.2) is 24.4 Å². The van der Waals surface area contributed by atoms with E-state index in [1.54, 1.807) is 24.4 Å². The van der Waals surface area contributed by atoms with Crippen LogP contribution >= 0.6 is 0 Å². The summed E-state index contributed by atoms with van der Waals surface area (Å²) in [4.78, 5) is 28.1. The van der Waals surface area contributed by atoms with Crippen LogP contribution in [0.5, 0.6) is 0 Å². The van der Waals surface area contributed by atoms with E-state index >= 15 is 0 Å². The molecule has 2 amide bonds. The smallest absolute Gasteiger partial charge is 0.326 e. The Labute approximate surface area is 109 Å². The molecule has 0 saturated carbocycles. The lowest BCUT2D eigenvalue weighted by molar-refractivity contribution is -0.141. The van der Waals surface area contributed by atoms with E-state index in [0.717, 1.165) is 4.90 Å². The normalized spacial score (nSPS) is 22.3. The summed E-state index contributed by atoms with van der Waals surface area (Å²) in [6.45, 7) is 0.254. The van der Waals surface area contributed by atoms with Crippen molar-refractivity contribution >= 4 is 12.0 Å². The van der Waals surface area contributed by atoms with Gasteiger partial charge in [0.15, 0.2) is 0 Å². The molecular formula is C12H15N3O4. The number of urea groups is 1. The van der Waals surface area contributed by atoms with Crippen LogP contribution in [0.4, 0.5) is 4.79 Å². The number of carbonyl (C=O) groups is 2. The van der Waals surface area contributed by atoms with E-state index in [0.29, 0.717) is 5.69 Å². The number of pyridine rings is 1. The maximum absolute atomic E-state index is 11.9. The number of aliphatic carboxylic acids is 1. The van der Waals surface area contributed by atoms with Gasteiger partial charge in [0.05, 0.1) is 18.3 Å². The van der Waals surface area contributed by atoms with Crippen LogP contribution in [-0.2, 0) is 11.3 Å². The van der Waals surface area contributed by atoms with Gasteiger partial charge in [0, 0.05) is 19.2 Å². The summed E-state index contributed by atoms with van der Waals surface area (Å²) in [5.74, 6) is -1.11. The number of hydrogen-bond donors (Lipinski definition) is 3. The van der Waals surface area contributed by atoms with Gasteiger partial charge in [0.2, 0.25) is 0 Å². The minimum Gasteiger partial charge on any atom is -0.480 e. The number of aliphatic hydroxyl groups is 1. The molecule has 7 heteroatoms. The molecule has 0 unspecified atom stereocenters. The van der Waals surface area contributed by atoms with Gasteiger partial charge in [0.1, 0.15) is 6.04 Å². The largest absolute Gasteiger partial charge is 0.480 e. The molecule has 0 bridgehead atoms.